The van der Waals surface area contributed by atoms with Gasteiger partial charge < -0.3 is 5.11 Å². The molecule has 0 radical (unpaired) electrons. The van der Waals surface area contributed by atoms with Gasteiger partial charge in [0.25, 0.3) is 0 Å². The van der Waals surface area contributed by atoms with E-state index in [1.165, 1.54) is 5.56 Å². The summed E-state index contributed by atoms with van der Waals surface area (Å²) >= 11 is 0. The SMILES string of the molecule is CCC1(CO)CCN(Cc2cnn(-c3ccccc3)c2)CC1. The molecule has 1 N–H and O–H groups in total. The van der Waals surface area contributed by atoms with E-state index in [2.05, 4.69) is 35.3 Å². The van der Waals surface area contributed by atoms with E-state index in [0.29, 0.717) is 6.61 Å². The number of likely N-dealkylation sites (tertiary alicyclic amines) is 1. The molecule has 22 heavy (non-hydrogen) atoms. The number of piperidine rings is 1. The minimum atomic E-state index is 0.157. The summed E-state index contributed by atoms with van der Waals surface area (Å²) in [6, 6.07) is 10.2. The van der Waals surface area contributed by atoms with Crippen LogP contribution in [0.3, 0.4) is 0 Å². The van der Waals surface area contributed by atoms with Crippen molar-refractivity contribution in [1.29, 1.82) is 0 Å². The van der Waals surface area contributed by atoms with Crippen LogP contribution in [0.2, 0.25) is 0 Å². The minimum Gasteiger partial charge on any atom is -0.396 e. The molecule has 0 amide bonds. The van der Waals surface area contributed by atoms with Crippen LogP contribution in [0, 0.1) is 5.41 Å². The summed E-state index contributed by atoms with van der Waals surface area (Å²) in [6.07, 6.45) is 7.33. The fourth-order valence-electron chi connectivity index (χ4n) is 3.23. The first kappa shape index (κ1) is 15.3. The number of para-hydroxylation sites is 1. The quantitative estimate of drug-likeness (QED) is 0.923. The fourth-order valence-corrected chi connectivity index (χ4v) is 3.23. The Morgan fingerprint density at radius 1 is 1.18 bits per heavy atom. The van der Waals surface area contributed by atoms with Gasteiger partial charge in [0.1, 0.15) is 0 Å². The molecule has 0 unspecified atom stereocenters. The highest BCUT2D eigenvalue weighted by atomic mass is 16.3. The first-order chi connectivity index (χ1) is 10.7. The Bertz CT molecular complexity index is 579. The number of nitrogens with zero attached hydrogens (tertiary/aromatic N) is 3. The van der Waals surface area contributed by atoms with Gasteiger partial charge in [-0.25, -0.2) is 4.68 Å². The normalized spacial score (nSPS) is 18.5. The lowest BCUT2D eigenvalue weighted by Crippen LogP contribution is -2.41. The van der Waals surface area contributed by atoms with Crippen LogP contribution in [0.4, 0.5) is 0 Å². The maximum atomic E-state index is 9.62. The summed E-state index contributed by atoms with van der Waals surface area (Å²) in [7, 11) is 0. The number of hydrogen-bond acceptors (Lipinski definition) is 3. The molecule has 1 aromatic heterocycles. The Morgan fingerprint density at radius 2 is 1.91 bits per heavy atom. The van der Waals surface area contributed by atoms with Gasteiger partial charge in [0, 0.05) is 24.9 Å². The molecule has 0 aliphatic carbocycles. The molecule has 1 aromatic carbocycles. The molecule has 0 bridgehead atoms. The van der Waals surface area contributed by atoms with Gasteiger partial charge in [-0.05, 0) is 49.9 Å². The molecule has 0 spiro atoms. The van der Waals surface area contributed by atoms with Crippen molar-refractivity contribution >= 4 is 0 Å². The van der Waals surface area contributed by atoms with Crippen molar-refractivity contribution in [2.24, 2.45) is 5.41 Å². The number of aromatic nitrogens is 2. The molecule has 1 aliphatic rings. The van der Waals surface area contributed by atoms with Crippen LogP contribution >= 0.6 is 0 Å². The summed E-state index contributed by atoms with van der Waals surface area (Å²) in [5.74, 6) is 0. The average Bonchev–Trinajstić information content (AvgIpc) is 3.05. The van der Waals surface area contributed by atoms with Crippen LogP contribution in [-0.2, 0) is 6.54 Å². The smallest absolute Gasteiger partial charge is 0.0645 e. The van der Waals surface area contributed by atoms with Crippen molar-refractivity contribution in [2.75, 3.05) is 19.7 Å². The van der Waals surface area contributed by atoms with E-state index in [1.807, 2.05) is 29.1 Å². The van der Waals surface area contributed by atoms with Gasteiger partial charge in [0.2, 0.25) is 0 Å². The molecule has 1 aliphatic heterocycles. The third-order valence-corrected chi connectivity index (χ3v) is 5.07. The number of rotatable bonds is 5. The van der Waals surface area contributed by atoms with Gasteiger partial charge in [-0.15, -0.1) is 0 Å². The number of benzene rings is 1. The number of aliphatic hydroxyl groups excluding tert-OH is 1. The largest absolute Gasteiger partial charge is 0.396 e. The van der Waals surface area contributed by atoms with Crippen molar-refractivity contribution < 1.29 is 5.11 Å². The van der Waals surface area contributed by atoms with Crippen LogP contribution < -0.4 is 0 Å². The van der Waals surface area contributed by atoms with Gasteiger partial charge in [-0.1, -0.05) is 25.1 Å². The fraction of sp³-hybridized carbons (Fsp3) is 0.500. The third-order valence-electron chi connectivity index (χ3n) is 5.07. The molecule has 3 rings (SSSR count). The van der Waals surface area contributed by atoms with E-state index in [-0.39, 0.29) is 5.41 Å². The highest BCUT2D eigenvalue weighted by molar-refractivity contribution is 5.30. The molecule has 4 heteroatoms. The maximum Gasteiger partial charge on any atom is 0.0645 e. The van der Waals surface area contributed by atoms with Crippen LogP contribution in [0.1, 0.15) is 31.7 Å². The lowest BCUT2D eigenvalue weighted by Gasteiger charge is -2.40. The number of aliphatic hydroxyl groups is 1. The lowest BCUT2D eigenvalue weighted by molar-refractivity contribution is 0.0382. The van der Waals surface area contributed by atoms with Gasteiger partial charge in [0.05, 0.1) is 11.9 Å². The van der Waals surface area contributed by atoms with Crippen molar-refractivity contribution in [3.05, 3.63) is 48.3 Å². The van der Waals surface area contributed by atoms with E-state index in [4.69, 9.17) is 0 Å². The second-order valence-corrected chi connectivity index (χ2v) is 6.42. The lowest BCUT2D eigenvalue weighted by atomic mass is 9.77. The maximum absolute atomic E-state index is 9.62. The Morgan fingerprint density at radius 3 is 2.55 bits per heavy atom. The van der Waals surface area contributed by atoms with E-state index in [0.717, 1.165) is 44.6 Å². The summed E-state index contributed by atoms with van der Waals surface area (Å²) in [4.78, 5) is 2.47. The molecule has 1 saturated heterocycles. The van der Waals surface area contributed by atoms with Crippen LogP contribution in [0.5, 0.6) is 0 Å². The molecule has 118 valence electrons. The third kappa shape index (κ3) is 3.23. The predicted molar refractivity (Wildman–Crippen MR) is 87.9 cm³/mol. The highest BCUT2D eigenvalue weighted by Crippen LogP contribution is 2.34. The summed E-state index contributed by atoms with van der Waals surface area (Å²) in [6.45, 7) is 5.58. The van der Waals surface area contributed by atoms with Gasteiger partial charge in [-0.3, -0.25) is 4.90 Å². The molecular weight excluding hydrogens is 274 g/mol. The van der Waals surface area contributed by atoms with Crippen molar-refractivity contribution in [3.8, 4) is 5.69 Å². The first-order valence-electron chi connectivity index (χ1n) is 8.17. The summed E-state index contributed by atoms with van der Waals surface area (Å²) in [5.41, 5.74) is 2.50. The molecular formula is C18H25N3O. The monoisotopic (exact) mass is 299 g/mol. The van der Waals surface area contributed by atoms with E-state index in [9.17, 15) is 5.11 Å². The van der Waals surface area contributed by atoms with Crippen LogP contribution in [-0.4, -0.2) is 39.5 Å². The van der Waals surface area contributed by atoms with Crippen molar-refractivity contribution in [2.45, 2.75) is 32.7 Å². The Hall–Kier alpha value is -1.65. The second-order valence-electron chi connectivity index (χ2n) is 6.42. The van der Waals surface area contributed by atoms with Crippen LogP contribution in [0.15, 0.2) is 42.7 Å². The van der Waals surface area contributed by atoms with Crippen molar-refractivity contribution in [3.63, 3.8) is 0 Å². The Labute approximate surface area is 132 Å². The minimum absolute atomic E-state index is 0.157. The Kier molecular flexibility index (Phi) is 4.60. The van der Waals surface area contributed by atoms with E-state index in [1.54, 1.807) is 0 Å². The van der Waals surface area contributed by atoms with Gasteiger partial charge in [0.15, 0.2) is 0 Å². The molecule has 2 aromatic rings. The Balaban J connectivity index is 1.60. The molecule has 1 fully saturated rings. The molecule has 0 saturated carbocycles. The van der Waals surface area contributed by atoms with Gasteiger partial charge >= 0.3 is 0 Å². The summed E-state index contributed by atoms with van der Waals surface area (Å²) in [5, 5.41) is 14.1. The number of hydrogen-bond donors (Lipinski definition) is 1. The zero-order valence-corrected chi connectivity index (χ0v) is 13.3. The van der Waals surface area contributed by atoms with Crippen LogP contribution in [0.25, 0.3) is 5.69 Å². The molecule has 0 atom stereocenters. The second kappa shape index (κ2) is 6.63. The highest BCUT2D eigenvalue weighted by Gasteiger charge is 2.32. The topological polar surface area (TPSA) is 41.3 Å². The van der Waals surface area contributed by atoms with E-state index < -0.39 is 0 Å². The summed E-state index contributed by atoms with van der Waals surface area (Å²) < 4.78 is 1.93. The first-order valence-corrected chi connectivity index (χ1v) is 8.17. The van der Waals surface area contributed by atoms with E-state index >= 15 is 0 Å². The zero-order valence-electron chi connectivity index (χ0n) is 13.3. The zero-order chi connectivity index (χ0) is 15.4. The van der Waals surface area contributed by atoms with Gasteiger partial charge in [-0.2, -0.15) is 5.10 Å². The molecule has 4 nitrogen and oxygen atoms in total. The average molecular weight is 299 g/mol. The predicted octanol–water partition coefficient (Wildman–Crippen LogP) is 2.86. The van der Waals surface area contributed by atoms with Crippen molar-refractivity contribution in [1.82, 2.24) is 14.7 Å². The standard InChI is InChI=1S/C18H25N3O/c1-2-18(15-22)8-10-20(11-9-18)13-16-12-19-21(14-16)17-6-4-3-5-7-17/h3-7,12,14,22H,2,8-11,13,15H2,1H3. The molecule has 2 heterocycles.